The largest absolute Gasteiger partial charge is 0.349 e. The zero-order valence-corrected chi connectivity index (χ0v) is 18.4. The summed E-state index contributed by atoms with van der Waals surface area (Å²) in [6.07, 6.45) is 5.72. The summed E-state index contributed by atoms with van der Waals surface area (Å²) < 4.78 is 28.0. The number of sulfonamides is 1. The van der Waals surface area contributed by atoms with Gasteiger partial charge in [-0.2, -0.15) is 5.10 Å². The van der Waals surface area contributed by atoms with Gasteiger partial charge in [0.2, 0.25) is 10.0 Å². The molecule has 1 N–H and O–H groups in total. The Labute approximate surface area is 173 Å². The molecule has 2 aromatic rings. The first-order chi connectivity index (χ1) is 13.7. The van der Waals surface area contributed by atoms with Crippen molar-refractivity contribution in [3.8, 4) is 0 Å². The molecule has 1 fully saturated rings. The normalized spacial score (nSPS) is 15.6. The van der Waals surface area contributed by atoms with E-state index in [1.165, 1.54) is 37.7 Å². The fourth-order valence-corrected chi connectivity index (χ4v) is 5.10. The molecule has 158 valence electrons. The predicted molar refractivity (Wildman–Crippen MR) is 112 cm³/mol. The quantitative estimate of drug-likeness (QED) is 0.782. The van der Waals surface area contributed by atoms with Gasteiger partial charge in [-0.25, -0.2) is 12.7 Å². The van der Waals surface area contributed by atoms with Gasteiger partial charge in [0, 0.05) is 25.7 Å². The topological polar surface area (TPSA) is 84.3 Å². The molecule has 0 radical (unpaired) electrons. The fourth-order valence-electron chi connectivity index (χ4n) is 3.84. The highest BCUT2D eigenvalue weighted by molar-refractivity contribution is 7.89. The summed E-state index contributed by atoms with van der Waals surface area (Å²) in [6.45, 7) is 3.92. The molecule has 0 saturated heterocycles. The number of carbonyl (C=O) groups is 1. The molecule has 0 aliphatic heterocycles. The lowest BCUT2D eigenvalue weighted by atomic mass is 9.95. The third-order valence-corrected chi connectivity index (χ3v) is 7.61. The molecule has 1 heterocycles. The lowest BCUT2D eigenvalue weighted by Crippen LogP contribution is -2.36. The van der Waals surface area contributed by atoms with E-state index >= 15 is 0 Å². The summed E-state index contributed by atoms with van der Waals surface area (Å²) in [5.74, 6) is -0.0334. The van der Waals surface area contributed by atoms with Gasteiger partial charge in [-0.05, 0) is 44.4 Å². The third-order valence-electron chi connectivity index (χ3n) is 5.54. The highest BCUT2D eigenvalue weighted by Crippen LogP contribution is 2.23. The minimum Gasteiger partial charge on any atom is -0.349 e. The van der Waals surface area contributed by atoms with Gasteiger partial charge in [0.1, 0.15) is 4.90 Å². The summed E-state index contributed by atoms with van der Waals surface area (Å²) in [4.78, 5) is 12.7. The van der Waals surface area contributed by atoms with Crippen LogP contribution in [0.1, 0.15) is 59.4 Å². The Hall–Kier alpha value is -2.19. The van der Waals surface area contributed by atoms with Crippen LogP contribution in [0.5, 0.6) is 0 Å². The molecule has 1 amide bonds. The van der Waals surface area contributed by atoms with Crippen molar-refractivity contribution in [1.82, 2.24) is 19.4 Å². The van der Waals surface area contributed by atoms with Crippen molar-refractivity contribution in [3.63, 3.8) is 0 Å². The fraction of sp³-hybridized carbons (Fsp3) is 0.524. The van der Waals surface area contributed by atoms with Crippen LogP contribution < -0.4 is 5.32 Å². The standard InChI is InChI=1S/C21H30N4O3S/c1-15-20(29(27,28)24(3)4)16(2)25(23-15)14-17-10-12-18(13-11-17)21(26)22-19-8-6-5-7-9-19/h10-13,19H,5-9,14H2,1-4H3,(H,22,26). The molecule has 1 saturated carbocycles. The smallest absolute Gasteiger partial charge is 0.251 e. The van der Waals surface area contributed by atoms with Crippen molar-refractivity contribution in [2.24, 2.45) is 0 Å². The number of benzene rings is 1. The number of amides is 1. The maximum Gasteiger partial charge on any atom is 0.251 e. The Morgan fingerprint density at radius 2 is 1.76 bits per heavy atom. The lowest BCUT2D eigenvalue weighted by Gasteiger charge is -2.22. The molecule has 7 nitrogen and oxygen atoms in total. The van der Waals surface area contributed by atoms with E-state index < -0.39 is 10.0 Å². The summed E-state index contributed by atoms with van der Waals surface area (Å²) in [6, 6.07) is 7.70. The number of carbonyl (C=O) groups excluding carboxylic acids is 1. The first-order valence-electron chi connectivity index (χ1n) is 10.1. The number of hydrogen-bond acceptors (Lipinski definition) is 4. The molecule has 0 spiro atoms. The van der Waals surface area contributed by atoms with Gasteiger partial charge in [0.25, 0.3) is 5.91 Å². The van der Waals surface area contributed by atoms with Crippen molar-refractivity contribution in [1.29, 1.82) is 0 Å². The zero-order chi connectivity index (χ0) is 21.2. The number of nitrogens with zero attached hydrogens (tertiary/aromatic N) is 3. The molecule has 1 aliphatic carbocycles. The Morgan fingerprint density at radius 1 is 1.14 bits per heavy atom. The van der Waals surface area contributed by atoms with Crippen molar-refractivity contribution >= 4 is 15.9 Å². The molecule has 8 heteroatoms. The predicted octanol–water partition coefficient (Wildman–Crippen LogP) is 2.86. The molecule has 1 aromatic carbocycles. The molecule has 3 rings (SSSR count). The van der Waals surface area contributed by atoms with Crippen LogP contribution in [0.25, 0.3) is 0 Å². The minimum absolute atomic E-state index is 0.0334. The van der Waals surface area contributed by atoms with Gasteiger partial charge in [-0.15, -0.1) is 0 Å². The highest BCUT2D eigenvalue weighted by Gasteiger charge is 2.26. The van der Waals surface area contributed by atoms with Crippen molar-refractivity contribution in [2.45, 2.75) is 63.4 Å². The second-order valence-corrected chi connectivity index (χ2v) is 10.0. The van der Waals surface area contributed by atoms with Gasteiger partial charge >= 0.3 is 0 Å². The minimum atomic E-state index is -3.54. The molecule has 0 atom stereocenters. The first kappa shape index (κ1) is 21.5. The van der Waals surface area contributed by atoms with Gasteiger partial charge < -0.3 is 5.32 Å². The second kappa shape index (κ2) is 8.67. The monoisotopic (exact) mass is 418 g/mol. The number of aryl methyl sites for hydroxylation is 1. The van der Waals surface area contributed by atoms with Crippen LogP contribution in [0.15, 0.2) is 29.2 Å². The van der Waals surface area contributed by atoms with E-state index in [1.807, 2.05) is 24.3 Å². The Kier molecular flexibility index (Phi) is 6.43. The van der Waals surface area contributed by atoms with Crippen molar-refractivity contribution in [3.05, 3.63) is 46.8 Å². The van der Waals surface area contributed by atoms with E-state index in [-0.39, 0.29) is 16.8 Å². The van der Waals surface area contributed by atoms with E-state index in [1.54, 1.807) is 18.5 Å². The lowest BCUT2D eigenvalue weighted by molar-refractivity contribution is 0.0927. The van der Waals surface area contributed by atoms with Crippen LogP contribution in [0.3, 0.4) is 0 Å². The van der Waals surface area contributed by atoms with Crippen LogP contribution >= 0.6 is 0 Å². The maximum absolute atomic E-state index is 12.6. The van der Waals surface area contributed by atoms with E-state index in [9.17, 15) is 13.2 Å². The van der Waals surface area contributed by atoms with E-state index in [4.69, 9.17) is 0 Å². The number of nitrogens with one attached hydrogen (secondary N) is 1. The zero-order valence-electron chi connectivity index (χ0n) is 17.6. The van der Waals surface area contributed by atoms with Crippen LogP contribution in [0.2, 0.25) is 0 Å². The van der Waals surface area contributed by atoms with Gasteiger partial charge in [-0.3, -0.25) is 9.48 Å². The molecule has 1 aromatic heterocycles. The Bertz CT molecular complexity index is 972. The van der Waals surface area contributed by atoms with Crippen LogP contribution in [-0.2, 0) is 16.6 Å². The molecule has 1 aliphatic rings. The number of rotatable bonds is 6. The Balaban J connectivity index is 1.72. The summed E-state index contributed by atoms with van der Waals surface area (Å²) in [5.41, 5.74) is 2.69. The van der Waals surface area contributed by atoms with Crippen molar-refractivity contribution in [2.75, 3.05) is 14.1 Å². The van der Waals surface area contributed by atoms with E-state index in [2.05, 4.69) is 10.4 Å². The highest BCUT2D eigenvalue weighted by atomic mass is 32.2. The van der Waals surface area contributed by atoms with E-state index in [0.717, 1.165) is 18.4 Å². The second-order valence-electron chi connectivity index (χ2n) is 7.95. The van der Waals surface area contributed by atoms with Crippen LogP contribution in [0, 0.1) is 13.8 Å². The van der Waals surface area contributed by atoms with Gasteiger partial charge in [-0.1, -0.05) is 31.4 Å². The average Bonchev–Trinajstić information content (AvgIpc) is 2.96. The average molecular weight is 419 g/mol. The molecule has 0 unspecified atom stereocenters. The van der Waals surface area contributed by atoms with Gasteiger partial charge in [0.15, 0.2) is 0 Å². The summed E-state index contributed by atoms with van der Waals surface area (Å²) >= 11 is 0. The molecule has 0 bridgehead atoms. The van der Waals surface area contributed by atoms with E-state index in [0.29, 0.717) is 23.5 Å². The first-order valence-corrected chi connectivity index (χ1v) is 11.5. The summed E-state index contributed by atoms with van der Waals surface area (Å²) in [5, 5.41) is 7.54. The number of hydrogen-bond donors (Lipinski definition) is 1. The molecule has 29 heavy (non-hydrogen) atoms. The molecular weight excluding hydrogens is 388 g/mol. The SMILES string of the molecule is Cc1nn(Cc2ccc(C(=O)NC3CCCCC3)cc2)c(C)c1S(=O)(=O)N(C)C. The number of aromatic nitrogens is 2. The third kappa shape index (κ3) is 4.70. The van der Waals surface area contributed by atoms with Crippen LogP contribution in [-0.4, -0.2) is 48.5 Å². The van der Waals surface area contributed by atoms with Crippen LogP contribution in [0.4, 0.5) is 0 Å². The summed E-state index contributed by atoms with van der Waals surface area (Å²) in [7, 11) is -0.512. The van der Waals surface area contributed by atoms with Crippen molar-refractivity contribution < 1.29 is 13.2 Å². The maximum atomic E-state index is 12.6. The Morgan fingerprint density at radius 3 is 2.34 bits per heavy atom. The van der Waals surface area contributed by atoms with Gasteiger partial charge in [0.05, 0.1) is 17.9 Å². The molecular formula is C21H30N4O3S.